The van der Waals surface area contributed by atoms with Crippen molar-refractivity contribution in [1.29, 1.82) is 0 Å². The Morgan fingerprint density at radius 2 is 1.78 bits per heavy atom. The summed E-state index contributed by atoms with van der Waals surface area (Å²) in [6.45, 7) is 10.3. The van der Waals surface area contributed by atoms with Crippen molar-refractivity contribution in [2.75, 3.05) is 25.4 Å². The molecule has 0 amide bonds. The first-order valence-corrected chi connectivity index (χ1v) is 8.80. The van der Waals surface area contributed by atoms with E-state index in [1.54, 1.807) is 4.31 Å². The summed E-state index contributed by atoms with van der Waals surface area (Å²) < 4.78 is 26.3. The normalized spacial score (nSPS) is 14.1. The fraction of sp³-hybridized carbons (Fsp3) is 1.00. The van der Waals surface area contributed by atoms with Gasteiger partial charge >= 0.3 is 0 Å². The monoisotopic (exact) mass is 278 g/mol. The first kappa shape index (κ1) is 17.9. The van der Waals surface area contributed by atoms with Crippen molar-refractivity contribution in [3.8, 4) is 0 Å². The average molecular weight is 278 g/mol. The van der Waals surface area contributed by atoms with Gasteiger partial charge in [0, 0.05) is 19.1 Å². The van der Waals surface area contributed by atoms with E-state index < -0.39 is 10.0 Å². The Labute approximate surface area is 113 Å². The molecule has 0 aromatic rings. The lowest BCUT2D eigenvalue weighted by Gasteiger charge is -2.27. The molecule has 0 aromatic heterocycles. The smallest absolute Gasteiger partial charge is 0.215 e. The van der Waals surface area contributed by atoms with E-state index in [0.29, 0.717) is 13.1 Å². The Kier molecular flexibility index (Phi) is 9.68. The number of rotatable bonds is 11. The first-order chi connectivity index (χ1) is 8.49. The van der Waals surface area contributed by atoms with Crippen LogP contribution < -0.4 is 5.32 Å². The van der Waals surface area contributed by atoms with Gasteiger partial charge in [-0.05, 0) is 32.7 Å². The summed E-state index contributed by atoms with van der Waals surface area (Å²) in [5.41, 5.74) is 0. The minimum Gasteiger partial charge on any atom is -0.316 e. The Morgan fingerprint density at radius 1 is 1.11 bits per heavy atom. The summed E-state index contributed by atoms with van der Waals surface area (Å²) >= 11 is 0. The number of hydrogen-bond acceptors (Lipinski definition) is 3. The zero-order chi connectivity index (χ0) is 14.0. The number of hydrogen-bond donors (Lipinski definition) is 1. The van der Waals surface area contributed by atoms with Gasteiger partial charge in [0.1, 0.15) is 0 Å². The predicted octanol–water partition coefficient (Wildman–Crippen LogP) is 2.22. The second-order valence-corrected chi connectivity index (χ2v) is 6.83. The highest BCUT2D eigenvalue weighted by Gasteiger charge is 2.25. The maximum atomic E-state index is 12.3. The van der Waals surface area contributed by atoms with E-state index in [1.165, 1.54) is 0 Å². The molecule has 0 aliphatic heterocycles. The first-order valence-electron chi connectivity index (χ1n) is 7.19. The van der Waals surface area contributed by atoms with Crippen LogP contribution in [-0.2, 0) is 10.0 Å². The van der Waals surface area contributed by atoms with Gasteiger partial charge in [0.15, 0.2) is 0 Å². The Morgan fingerprint density at radius 3 is 2.28 bits per heavy atom. The van der Waals surface area contributed by atoms with E-state index in [0.717, 1.165) is 32.2 Å². The van der Waals surface area contributed by atoms with Gasteiger partial charge in [0.2, 0.25) is 10.0 Å². The Hall–Kier alpha value is -0.130. The summed E-state index contributed by atoms with van der Waals surface area (Å²) in [5.74, 6) is 0.209. The topological polar surface area (TPSA) is 49.4 Å². The molecule has 0 radical (unpaired) electrons. The van der Waals surface area contributed by atoms with Gasteiger partial charge in [-0.1, -0.05) is 27.2 Å². The molecule has 0 fully saturated rings. The van der Waals surface area contributed by atoms with Crippen molar-refractivity contribution in [2.24, 2.45) is 0 Å². The maximum absolute atomic E-state index is 12.3. The van der Waals surface area contributed by atoms with Crippen LogP contribution >= 0.6 is 0 Å². The van der Waals surface area contributed by atoms with Crippen LogP contribution in [0.5, 0.6) is 0 Å². The molecule has 0 heterocycles. The second kappa shape index (κ2) is 9.75. The highest BCUT2D eigenvalue weighted by molar-refractivity contribution is 7.89. The molecule has 0 bridgehead atoms. The molecule has 0 saturated carbocycles. The summed E-state index contributed by atoms with van der Waals surface area (Å²) in [4.78, 5) is 0. The summed E-state index contributed by atoms with van der Waals surface area (Å²) in [7, 11) is -3.12. The quantitative estimate of drug-likeness (QED) is 0.590. The van der Waals surface area contributed by atoms with Crippen molar-refractivity contribution in [2.45, 2.75) is 59.4 Å². The van der Waals surface area contributed by atoms with Gasteiger partial charge < -0.3 is 5.32 Å². The maximum Gasteiger partial charge on any atom is 0.215 e. The molecule has 110 valence electrons. The van der Waals surface area contributed by atoms with E-state index in [-0.39, 0.29) is 11.8 Å². The predicted molar refractivity (Wildman–Crippen MR) is 78.3 cm³/mol. The Balaban J connectivity index is 4.44. The molecular weight excluding hydrogens is 248 g/mol. The lowest BCUT2D eigenvalue weighted by molar-refractivity contribution is 0.324. The molecule has 0 spiro atoms. The Bertz CT molecular complexity index is 291. The van der Waals surface area contributed by atoms with Crippen LogP contribution in [-0.4, -0.2) is 44.2 Å². The SMILES string of the molecule is CCCCN(C(C)CC)S(=O)(=O)CCNCCC. The van der Waals surface area contributed by atoms with Crippen LogP contribution in [0, 0.1) is 0 Å². The van der Waals surface area contributed by atoms with E-state index >= 15 is 0 Å². The molecule has 0 aliphatic carbocycles. The van der Waals surface area contributed by atoms with Gasteiger partial charge in [-0.25, -0.2) is 8.42 Å². The van der Waals surface area contributed by atoms with E-state index in [2.05, 4.69) is 19.2 Å². The number of sulfonamides is 1. The minimum absolute atomic E-state index is 0.104. The highest BCUT2D eigenvalue weighted by atomic mass is 32.2. The molecule has 4 nitrogen and oxygen atoms in total. The van der Waals surface area contributed by atoms with Crippen LogP contribution in [0.4, 0.5) is 0 Å². The number of nitrogens with one attached hydrogen (secondary N) is 1. The third kappa shape index (κ3) is 6.71. The van der Waals surface area contributed by atoms with E-state index in [4.69, 9.17) is 0 Å². The third-order valence-corrected chi connectivity index (χ3v) is 5.11. The van der Waals surface area contributed by atoms with Crippen molar-refractivity contribution >= 4 is 10.0 Å². The summed E-state index contributed by atoms with van der Waals surface area (Å²) in [6, 6.07) is 0.104. The van der Waals surface area contributed by atoms with Crippen LogP contribution in [0.25, 0.3) is 0 Å². The molecule has 0 aliphatic rings. The molecule has 0 aromatic carbocycles. The zero-order valence-electron chi connectivity index (χ0n) is 12.4. The molecule has 5 heteroatoms. The zero-order valence-corrected chi connectivity index (χ0v) is 13.2. The van der Waals surface area contributed by atoms with Crippen LogP contribution in [0.1, 0.15) is 53.4 Å². The van der Waals surface area contributed by atoms with E-state index in [9.17, 15) is 8.42 Å². The molecule has 0 rings (SSSR count). The molecule has 18 heavy (non-hydrogen) atoms. The molecule has 0 saturated heterocycles. The van der Waals surface area contributed by atoms with Crippen molar-refractivity contribution in [3.63, 3.8) is 0 Å². The summed E-state index contributed by atoms with van der Waals surface area (Å²) in [6.07, 6.45) is 3.86. The van der Waals surface area contributed by atoms with Crippen LogP contribution in [0.3, 0.4) is 0 Å². The minimum atomic E-state index is -3.12. The van der Waals surface area contributed by atoms with Crippen LogP contribution in [0.15, 0.2) is 0 Å². The average Bonchev–Trinajstić information content (AvgIpc) is 2.34. The molecule has 1 N–H and O–H groups in total. The van der Waals surface area contributed by atoms with Gasteiger partial charge in [0.05, 0.1) is 5.75 Å². The van der Waals surface area contributed by atoms with Gasteiger partial charge in [-0.2, -0.15) is 4.31 Å². The lowest BCUT2D eigenvalue weighted by Crippen LogP contribution is -2.42. The van der Waals surface area contributed by atoms with Crippen molar-refractivity contribution < 1.29 is 8.42 Å². The van der Waals surface area contributed by atoms with E-state index in [1.807, 2.05) is 13.8 Å². The second-order valence-electron chi connectivity index (χ2n) is 4.79. The van der Waals surface area contributed by atoms with Gasteiger partial charge in [-0.3, -0.25) is 0 Å². The largest absolute Gasteiger partial charge is 0.316 e. The fourth-order valence-electron chi connectivity index (χ4n) is 1.77. The van der Waals surface area contributed by atoms with Crippen molar-refractivity contribution in [1.82, 2.24) is 9.62 Å². The summed E-state index contributed by atoms with van der Waals surface area (Å²) in [5, 5.41) is 3.15. The van der Waals surface area contributed by atoms with Crippen molar-refractivity contribution in [3.05, 3.63) is 0 Å². The van der Waals surface area contributed by atoms with Crippen LogP contribution in [0.2, 0.25) is 0 Å². The third-order valence-electron chi connectivity index (χ3n) is 3.14. The molecule has 1 unspecified atom stereocenters. The van der Waals surface area contributed by atoms with Gasteiger partial charge in [0.25, 0.3) is 0 Å². The van der Waals surface area contributed by atoms with Gasteiger partial charge in [-0.15, -0.1) is 0 Å². The fourth-order valence-corrected chi connectivity index (χ4v) is 3.51. The number of unbranched alkanes of at least 4 members (excludes halogenated alkanes) is 1. The highest BCUT2D eigenvalue weighted by Crippen LogP contribution is 2.12. The lowest BCUT2D eigenvalue weighted by atomic mass is 10.2. The number of nitrogens with zero attached hydrogens (tertiary/aromatic N) is 1. The molecular formula is C13H30N2O2S. The standard InChI is InChI=1S/C13H30N2O2S/c1-5-8-11-15(13(4)7-3)18(16,17)12-10-14-9-6-2/h13-14H,5-12H2,1-4H3. The molecule has 1 atom stereocenters.